The van der Waals surface area contributed by atoms with Gasteiger partial charge in [0.25, 0.3) is 5.91 Å². The number of aromatic nitrogens is 2. The van der Waals surface area contributed by atoms with Crippen molar-refractivity contribution in [3.8, 4) is 5.75 Å². The van der Waals surface area contributed by atoms with E-state index in [4.69, 9.17) is 9.47 Å². The quantitative estimate of drug-likeness (QED) is 0.861. The maximum atomic E-state index is 12.5. The van der Waals surface area contributed by atoms with Crippen LogP contribution < -0.4 is 4.74 Å². The Hall–Kier alpha value is -1.99. The Kier molecular flexibility index (Phi) is 4.65. The number of nitrogens with zero attached hydrogens (tertiary/aromatic N) is 3. The van der Waals surface area contributed by atoms with E-state index in [0.717, 1.165) is 5.01 Å². The Bertz CT molecular complexity index is 606. The zero-order valence-corrected chi connectivity index (χ0v) is 13.0. The van der Waals surface area contributed by atoms with Crippen molar-refractivity contribution in [3.05, 3.63) is 41.1 Å². The zero-order chi connectivity index (χ0) is 15.4. The first-order chi connectivity index (χ1) is 10.7. The average Bonchev–Trinajstić information content (AvgIpc) is 3.10. The van der Waals surface area contributed by atoms with Gasteiger partial charge in [-0.15, -0.1) is 11.3 Å². The number of morpholine rings is 1. The number of thiazole rings is 1. The van der Waals surface area contributed by atoms with Gasteiger partial charge in [0.15, 0.2) is 6.10 Å². The summed E-state index contributed by atoms with van der Waals surface area (Å²) in [7, 11) is 0. The molecule has 3 heterocycles. The molecule has 0 spiro atoms. The number of amides is 1. The molecular formula is C15H17N3O3S. The van der Waals surface area contributed by atoms with Gasteiger partial charge in [-0.25, -0.2) is 4.98 Å². The monoisotopic (exact) mass is 319 g/mol. The molecule has 1 amide bonds. The third-order valence-corrected chi connectivity index (χ3v) is 4.27. The van der Waals surface area contributed by atoms with Crippen molar-refractivity contribution in [2.45, 2.75) is 19.1 Å². The Balaban J connectivity index is 1.61. The van der Waals surface area contributed by atoms with Gasteiger partial charge in [0.1, 0.15) is 16.9 Å². The molecule has 1 fully saturated rings. The predicted molar refractivity (Wildman–Crippen MR) is 81.7 cm³/mol. The average molecular weight is 319 g/mol. The van der Waals surface area contributed by atoms with E-state index in [0.29, 0.717) is 25.4 Å². The highest BCUT2D eigenvalue weighted by molar-refractivity contribution is 7.09. The molecule has 2 aromatic rings. The van der Waals surface area contributed by atoms with Crippen molar-refractivity contribution in [1.29, 1.82) is 0 Å². The van der Waals surface area contributed by atoms with Crippen LogP contribution in [0.1, 0.15) is 18.0 Å². The van der Waals surface area contributed by atoms with Gasteiger partial charge in [-0.1, -0.05) is 0 Å². The molecule has 3 rings (SSSR count). The van der Waals surface area contributed by atoms with E-state index < -0.39 is 6.10 Å². The summed E-state index contributed by atoms with van der Waals surface area (Å²) in [6.45, 7) is 3.34. The molecule has 0 saturated carbocycles. The molecule has 0 bridgehead atoms. The molecule has 1 aliphatic heterocycles. The van der Waals surface area contributed by atoms with Gasteiger partial charge in [0.05, 0.1) is 19.3 Å². The molecule has 0 aliphatic carbocycles. The number of pyridine rings is 1. The van der Waals surface area contributed by atoms with Crippen LogP contribution in [-0.4, -0.2) is 46.6 Å². The standard InChI is InChI=1S/C15H17N3O3S/c1-11(21-12-3-2-4-16-9-12)15(19)18-6-7-20-13(10-18)14-17-5-8-22-14/h2-5,8-9,11,13H,6-7,10H2,1H3. The second-order valence-corrected chi connectivity index (χ2v) is 5.89. The fraction of sp³-hybridized carbons (Fsp3) is 0.400. The van der Waals surface area contributed by atoms with Gasteiger partial charge < -0.3 is 14.4 Å². The summed E-state index contributed by atoms with van der Waals surface area (Å²) in [6, 6.07) is 3.56. The fourth-order valence-corrected chi connectivity index (χ4v) is 3.00. The van der Waals surface area contributed by atoms with E-state index in [2.05, 4.69) is 9.97 Å². The predicted octanol–water partition coefficient (Wildman–Crippen LogP) is 1.91. The Morgan fingerprint density at radius 3 is 3.18 bits per heavy atom. The molecule has 2 aromatic heterocycles. The van der Waals surface area contributed by atoms with Crippen molar-refractivity contribution < 1.29 is 14.3 Å². The summed E-state index contributed by atoms with van der Waals surface area (Å²) in [4.78, 5) is 22.5. The molecular weight excluding hydrogens is 302 g/mol. The third-order valence-electron chi connectivity index (χ3n) is 3.40. The lowest BCUT2D eigenvalue weighted by Crippen LogP contribution is -2.47. The molecule has 116 valence electrons. The molecule has 6 nitrogen and oxygen atoms in total. The van der Waals surface area contributed by atoms with Crippen LogP contribution in [0.4, 0.5) is 0 Å². The fourth-order valence-electron chi connectivity index (χ4n) is 2.32. The first kappa shape index (κ1) is 14.9. The summed E-state index contributed by atoms with van der Waals surface area (Å²) in [5.74, 6) is 0.543. The van der Waals surface area contributed by atoms with E-state index in [-0.39, 0.29) is 12.0 Å². The summed E-state index contributed by atoms with van der Waals surface area (Å²) in [5.41, 5.74) is 0. The number of carbonyl (C=O) groups is 1. The molecule has 2 unspecified atom stereocenters. The molecule has 0 radical (unpaired) electrons. The molecule has 1 aliphatic rings. The second-order valence-electron chi connectivity index (χ2n) is 4.96. The van der Waals surface area contributed by atoms with Crippen LogP contribution in [0.25, 0.3) is 0 Å². The molecule has 7 heteroatoms. The normalized spacial score (nSPS) is 19.7. The van der Waals surface area contributed by atoms with Gasteiger partial charge in [-0.2, -0.15) is 0 Å². The Labute approximate surface area is 132 Å². The van der Waals surface area contributed by atoms with Crippen LogP contribution in [0, 0.1) is 0 Å². The van der Waals surface area contributed by atoms with Crippen LogP contribution >= 0.6 is 11.3 Å². The van der Waals surface area contributed by atoms with E-state index in [9.17, 15) is 4.79 Å². The largest absolute Gasteiger partial charge is 0.479 e. The number of hydrogen-bond acceptors (Lipinski definition) is 6. The van der Waals surface area contributed by atoms with Crippen molar-refractivity contribution in [1.82, 2.24) is 14.9 Å². The Morgan fingerprint density at radius 1 is 1.55 bits per heavy atom. The topological polar surface area (TPSA) is 64.5 Å². The van der Waals surface area contributed by atoms with E-state index in [1.165, 1.54) is 0 Å². The first-order valence-corrected chi connectivity index (χ1v) is 7.98. The van der Waals surface area contributed by atoms with Crippen molar-refractivity contribution >= 4 is 17.2 Å². The summed E-state index contributed by atoms with van der Waals surface area (Å²) < 4.78 is 11.4. The van der Waals surface area contributed by atoms with Gasteiger partial charge in [-0.05, 0) is 19.1 Å². The van der Waals surface area contributed by atoms with E-state index in [1.54, 1.807) is 53.9 Å². The number of rotatable bonds is 4. The van der Waals surface area contributed by atoms with Crippen LogP contribution in [0.5, 0.6) is 5.75 Å². The van der Waals surface area contributed by atoms with E-state index >= 15 is 0 Å². The van der Waals surface area contributed by atoms with Gasteiger partial charge in [-0.3, -0.25) is 9.78 Å². The molecule has 0 aromatic carbocycles. The van der Waals surface area contributed by atoms with Gasteiger partial charge >= 0.3 is 0 Å². The lowest BCUT2D eigenvalue weighted by atomic mass is 10.2. The van der Waals surface area contributed by atoms with Crippen LogP contribution in [0.15, 0.2) is 36.1 Å². The maximum Gasteiger partial charge on any atom is 0.263 e. The van der Waals surface area contributed by atoms with Crippen molar-refractivity contribution in [2.24, 2.45) is 0 Å². The molecule has 22 heavy (non-hydrogen) atoms. The van der Waals surface area contributed by atoms with Gasteiger partial charge in [0.2, 0.25) is 0 Å². The third kappa shape index (κ3) is 3.42. The maximum absolute atomic E-state index is 12.5. The van der Waals surface area contributed by atoms with Crippen LogP contribution in [0.3, 0.4) is 0 Å². The minimum absolute atomic E-state index is 0.0475. The smallest absolute Gasteiger partial charge is 0.263 e. The highest BCUT2D eigenvalue weighted by Crippen LogP contribution is 2.24. The number of ether oxygens (including phenoxy) is 2. The lowest BCUT2D eigenvalue weighted by Gasteiger charge is -2.33. The first-order valence-electron chi connectivity index (χ1n) is 7.10. The number of hydrogen-bond donors (Lipinski definition) is 0. The molecule has 2 atom stereocenters. The van der Waals surface area contributed by atoms with Gasteiger partial charge in [0, 0.05) is 24.3 Å². The minimum Gasteiger partial charge on any atom is -0.479 e. The van der Waals surface area contributed by atoms with Crippen molar-refractivity contribution in [2.75, 3.05) is 19.7 Å². The van der Waals surface area contributed by atoms with Crippen LogP contribution in [0.2, 0.25) is 0 Å². The Morgan fingerprint density at radius 2 is 2.45 bits per heavy atom. The minimum atomic E-state index is -0.556. The zero-order valence-electron chi connectivity index (χ0n) is 12.2. The number of carbonyl (C=O) groups excluding carboxylic acids is 1. The summed E-state index contributed by atoms with van der Waals surface area (Å²) in [6.07, 6.45) is 4.31. The van der Waals surface area contributed by atoms with Crippen LogP contribution in [-0.2, 0) is 9.53 Å². The molecule has 1 saturated heterocycles. The lowest BCUT2D eigenvalue weighted by molar-refractivity contribution is -0.145. The highest BCUT2D eigenvalue weighted by atomic mass is 32.1. The summed E-state index contributed by atoms with van der Waals surface area (Å²) in [5, 5.41) is 2.81. The van der Waals surface area contributed by atoms with Crippen molar-refractivity contribution in [3.63, 3.8) is 0 Å². The second kappa shape index (κ2) is 6.85. The summed E-state index contributed by atoms with van der Waals surface area (Å²) >= 11 is 1.54. The highest BCUT2D eigenvalue weighted by Gasteiger charge is 2.30. The SMILES string of the molecule is CC(Oc1cccnc1)C(=O)N1CCOC(c2nccs2)C1. The van der Waals surface area contributed by atoms with E-state index in [1.807, 2.05) is 5.38 Å². The molecule has 0 N–H and O–H groups in total.